The van der Waals surface area contributed by atoms with E-state index in [1.165, 1.54) is 21.1 Å². The Bertz CT molecular complexity index is 571. The quantitative estimate of drug-likeness (QED) is 0.685. The molecule has 1 heterocycles. The normalized spacial score (nSPS) is 13.2. The van der Waals surface area contributed by atoms with Crippen LogP contribution in [0, 0.1) is 6.92 Å². The summed E-state index contributed by atoms with van der Waals surface area (Å²) in [6.45, 7) is 1.90. The Hall–Kier alpha value is -1.16. The lowest BCUT2D eigenvalue weighted by Gasteiger charge is -2.14. The Morgan fingerprint density at radius 2 is 2.15 bits per heavy atom. The minimum atomic E-state index is -4.06. The summed E-state index contributed by atoms with van der Waals surface area (Å²) in [6.07, 6.45) is -0.347. The molecule has 10 heteroatoms. The largest absolute Gasteiger partial charge is 0.382 e. The van der Waals surface area contributed by atoms with Gasteiger partial charge in [0.05, 0.1) is 18.4 Å². The van der Waals surface area contributed by atoms with E-state index in [0.717, 1.165) is 0 Å². The number of rotatable bonds is 7. The van der Waals surface area contributed by atoms with Crippen LogP contribution in [0.4, 0.5) is 0 Å². The van der Waals surface area contributed by atoms with E-state index in [2.05, 4.69) is 15.5 Å². The van der Waals surface area contributed by atoms with Crippen molar-refractivity contribution < 1.29 is 22.7 Å². The summed E-state index contributed by atoms with van der Waals surface area (Å²) in [6, 6.07) is 0. The maximum absolute atomic E-state index is 11.9. The average molecular weight is 326 g/mol. The van der Waals surface area contributed by atoms with Crippen LogP contribution >= 0.6 is 10.7 Å². The van der Waals surface area contributed by atoms with Crippen molar-refractivity contribution in [1.29, 1.82) is 0 Å². The molecule has 1 atom stereocenters. The van der Waals surface area contributed by atoms with Gasteiger partial charge in [-0.3, -0.25) is 9.89 Å². The SMILES string of the molecule is COCC(CNC(=O)c1n[nH]c(C)c1S(=O)(=O)Cl)OC. The zero-order valence-electron chi connectivity index (χ0n) is 11.3. The maximum Gasteiger partial charge on any atom is 0.273 e. The van der Waals surface area contributed by atoms with Gasteiger partial charge in [0.1, 0.15) is 4.90 Å². The van der Waals surface area contributed by atoms with Crippen molar-refractivity contribution in [3.63, 3.8) is 0 Å². The molecule has 114 valence electrons. The van der Waals surface area contributed by atoms with E-state index < -0.39 is 15.0 Å². The van der Waals surface area contributed by atoms with Gasteiger partial charge in [0, 0.05) is 31.4 Å². The van der Waals surface area contributed by atoms with Gasteiger partial charge < -0.3 is 14.8 Å². The van der Waals surface area contributed by atoms with E-state index in [1.807, 2.05) is 0 Å². The first-order valence-corrected chi connectivity index (χ1v) is 7.91. The van der Waals surface area contributed by atoms with E-state index in [9.17, 15) is 13.2 Å². The molecule has 1 aromatic heterocycles. The second-order valence-electron chi connectivity index (χ2n) is 3.99. The predicted octanol–water partition coefficient (Wildman–Crippen LogP) is 0.0368. The molecular weight excluding hydrogens is 310 g/mol. The minimum absolute atomic E-state index is 0.150. The van der Waals surface area contributed by atoms with Crippen LogP contribution in [-0.4, -0.2) is 58.0 Å². The van der Waals surface area contributed by atoms with Gasteiger partial charge in [-0.25, -0.2) is 8.42 Å². The lowest BCUT2D eigenvalue weighted by atomic mass is 10.3. The van der Waals surface area contributed by atoms with Crippen molar-refractivity contribution >= 4 is 25.6 Å². The second kappa shape index (κ2) is 7.02. The van der Waals surface area contributed by atoms with Gasteiger partial charge >= 0.3 is 0 Å². The first-order valence-electron chi connectivity index (χ1n) is 5.60. The van der Waals surface area contributed by atoms with E-state index >= 15 is 0 Å². The van der Waals surface area contributed by atoms with Gasteiger partial charge in [0.2, 0.25) is 0 Å². The number of aromatic amines is 1. The molecule has 0 aliphatic rings. The lowest BCUT2D eigenvalue weighted by Crippen LogP contribution is -2.36. The van der Waals surface area contributed by atoms with Crippen LogP contribution in [0.25, 0.3) is 0 Å². The van der Waals surface area contributed by atoms with E-state index in [0.29, 0.717) is 0 Å². The number of hydrogen-bond donors (Lipinski definition) is 2. The average Bonchev–Trinajstić information content (AvgIpc) is 2.76. The van der Waals surface area contributed by atoms with Crippen LogP contribution in [0.3, 0.4) is 0 Å². The first kappa shape index (κ1) is 16.9. The molecule has 2 N–H and O–H groups in total. The monoisotopic (exact) mass is 325 g/mol. The highest BCUT2D eigenvalue weighted by Gasteiger charge is 2.27. The third-order valence-electron chi connectivity index (χ3n) is 2.53. The number of ether oxygens (including phenoxy) is 2. The van der Waals surface area contributed by atoms with Crippen molar-refractivity contribution in [2.24, 2.45) is 0 Å². The predicted molar refractivity (Wildman–Crippen MR) is 71.4 cm³/mol. The maximum atomic E-state index is 11.9. The van der Waals surface area contributed by atoms with Gasteiger partial charge in [-0.2, -0.15) is 5.10 Å². The van der Waals surface area contributed by atoms with E-state index in [1.54, 1.807) is 0 Å². The number of amides is 1. The molecule has 0 spiro atoms. The number of nitrogens with one attached hydrogen (secondary N) is 2. The van der Waals surface area contributed by atoms with Crippen LogP contribution < -0.4 is 5.32 Å². The van der Waals surface area contributed by atoms with Gasteiger partial charge in [0.25, 0.3) is 15.0 Å². The van der Waals surface area contributed by atoms with Crippen LogP contribution in [0.15, 0.2) is 4.90 Å². The summed E-state index contributed by atoms with van der Waals surface area (Å²) in [5, 5.41) is 8.59. The molecular formula is C10H16ClN3O5S. The zero-order valence-corrected chi connectivity index (χ0v) is 12.8. The summed E-state index contributed by atoms with van der Waals surface area (Å²) >= 11 is 0. The number of aryl methyl sites for hydroxylation is 1. The molecule has 0 aliphatic carbocycles. The highest BCUT2D eigenvalue weighted by Crippen LogP contribution is 2.21. The van der Waals surface area contributed by atoms with Crippen molar-refractivity contribution in [2.45, 2.75) is 17.9 Å². The molecule has 0 radical (unpaired) electrons. The fourth-order valence-electron chi connectivity index (χ4n) is 1.56. The Balaban J connectivity index is 2.84. The van der Waals surface area contributed by atoms with Gasteiger partial charge in [-0.15, -0.1) is 0 Å². The smallest absolute Gasteiger partial charge is 0.273 e. The summed E-state index contributed by atoms with van der Waals surface area (Å²) in [5.41, 5.74) is -0.0740. The Morgan fingerprint density at radius 3 is 2.65 bits per heavy atom. The molecule has 0 aliphatic heterocycles. The number of H-pyrrole nitrogens is 1. The third kappa shape index (κ3) is 4.17. The molecule has 0 bridgehead atoms. The minimum Gasteiger partial charge on any atom is -0.382 e. The topological polar surface area (TPSA) is 110 Å². The fraction of sp³-hybridized carbons (Fsp3) is 0.600. The van der Waals surface area contributed by atoms with Gasteiger partial charge in [0.15, 0.2) is 5.69 Å². The van der Waals surface area contributed by atoms with Crippen molar-refractivity contribution in [3.8, 4) is 0 Å². The molecule has 1 rings (SSSR count). The molecule has 0 saturated heterocycles. The van der Waals surface area contributed by atoms with E-state index in [4.69, 9.17) is 20.2 Å². The number of methoxy groups -OCH3 is 2. The van der Waals surface area contributed by atoms with Crippen LogP contribution in [0.5, 0.6) is 0 Å². The van der Waals surface area contributed by atoms with Crippen LogP contribution in [0.2, 0.25) is 0 Å². The number of hydrogen-bond acceptors (Lipinski definition) is 6. The summed E-state index contributed by atoms with van der Waals surface area (Å²) in [5.74, 6) is -0.660. The molecule has 20 heavy (non-hydrogen) atoms. The van der Waals surface area contributed by atoms with Gasteiger partial charge in [-0.05, 0) is 6.92 Å². The summed E-state index contributed by atoms with van der Waals surface area (Å²) in [4.78, 5) is 11.6. The van der Waals surface area contributed by atoms with Crippen molar-refractivity contribution in [1.82, 2.24) is 15.5 Å². The van der Waals surface area contributed by atoms with E-state index in [-0.39, 0.29) is 35.5 Å². The molecule has 0 saturated carbocycles. The van der Waals surface area contributed by atoms with Crippen molar-refractivity contribution in [2.75, 3.05) is 27.4 Å². The number of nitrogens with zero attached hydrogens (tertiary/aromatic N) is 1. The second-order valence-corrected chi connectivity index (χ2v) is 6.49. The number of aromatic nitrogens is 2. The molecule has 1 unspecified atom stereocenters. The Morgan fingerprint density at radius 1 is 1.50 bits per heavy atom. The van der Waals surface area contributed by atoms with Crippen LogP contribution in [-0.2, 0) is 18.5 Å². The van der Waals surface area contributed by atoms with Crippen LogP contribution in [0.1, 0.15) is 16.2 Å². The Kier molecular flexibility index (Phi) is 5.93. The molecule has 0 fully saturated rings. The molecule has 1 amide bonds. The third-order valence-corrected chi connectivity index (χ3v) is 3.98. The molecule has 1 aromatic rings. The van der Waals surface area contributed by atoms with Crippen molar-refractivity contribution in [3.05, 3.63) is 11.4 Å². The van der Waals surface area contributed by atoms with Gasteiger partial charge in [-0.1, -0.05) is 0 Å². The summed E-state index contributed by atoms with van der Waals surface area (Å²) in [7, 11) is 4.20. The lowest BCUT2D eigenvalue weighted by molar-refractivity contribution is 0.0284. The highest BCUT2D eigenvalue weighted by molar-refractivity contribution is 8.13. The number of halogens is 1. The highest BCUT2D eigenvalue weighted by atomic mass is 35.7. The number of carbonyl (C=O) groups is 1. The standard InChI is InChI=1S/C10H16ClN3O5S/c1-6-9(20(11,16)17)8(14-13-6)10(15)12-4-7(19-3)5-18-2/h7H,4-5H2,1-3H3,(H,12,15)(H,13,14). The number of carbonyl (C=O) groups excluding carboxylic acids is 1. The fourth-order valence-corrected chi connectivity index (χ4v) is 2.90. The Labute approximate surface area is 121 Å². The summed E-state index contributed by atoms with van der Waals surface area (Å²) < 4.78 is 32.8. The zero-order chi connectivity index (χ0) is 15.3. The molecule has 8 nitrogen and oxygen atoms in total. The first-order chi connectivity index (χ1) is 9.31. The molecule has 0 aromatic carbocycles.